The van der Waals surface area contributed by atoms with Gasteiger partial charge in [-0.3, -0.25) is 10.2 Å². The molecule has 0 atom stereocenters. The maximum Gasteiger partial charge on any atom is 0.282 e. The molecule has 0 saturated carbocycles. The topological polar surface area (TPSA) is 84.2 Å². The van der Waals surface area contributed by atoms with Gasteiger partial charge in [0.2, 0.25) is 0 Å². The number of methoxy groups -OCH3 is 1. The Bertz CT molecular complexity index is 808. The Morgan fingerprint density at radius 1 is 1.38 bits per heavy atom. The third kappa shape index (κ3) is 2.76. The minimum atomic E-state index is -0.478. The molecule has 0 aromatic heterocycles. The van der Waals surface area contributed by atoms with Crippen LogP contribution in [-0.4, -0.2) is 36.4 Å². The summed E-state index contributed by atoms with van der Waals surface area (Å²) in [6.45, 7) is 4.15. The van der Waals surface area contributed by atoms with Gasteiger partial charge in [-0.25, -0.2) is 0 Å². The van der Waals surface area contributed by atoms with Gasteiger partial charge >= 0.3 is 0 Å². The number of allylic oxidation sites excluding steroid dienone is 1. The third-order valence-corrected chi connectivity index (χ3v) is 3.48. The van der Waals surface area contributed by atoms with Gasteiger partial charge in [-0.05, 0) is 37.6 Å². The Kier molecular flexibility index (Phi) is 4.07. The molecular weight excluding hydrogens is 310 g/mol. The standard InChI is InChI=1S/C17H17N3O4/c1-4-23-13-6-5-11(9-14(13)22-3)8-12-16(18)20-15(19-17(12)21)7-10(2)24-20/h5-9,18H,4H2,1-3H3. The van der Waals surface area contributed by atoms with Gasteiger partial charge in [0, 0.05) is 6.08 Å². The van der Waals surface area contributed by atoms with Gasteiger partial charge in [-0.1, -0.05) is 6.07 Å². The fraction of sp³-hybridized carbons (Fsp3) is 0.235. The van der Waals surface area contributed by atoms with Crippen molar-refractivity contribution in [1.82, 2.24) is 5.06 Å². The first-order chi connectivity index (χ1) is 11.5. The minimum Gasteiger partial charge on any atom is -0.493 e. The van der Waals surface area contributed by atoms with Crippen LogP contribution in [0.2, 0.25) is 0 Å². The van der Waals surface area contributed by atoms with E-state index in [-0.39, 0.29) is 11.4 Å². The molecule has 0 fully saturated rings. The van der Waals surface area contributed by atoms with Gasteiger partial charge in [0.1, 0.15) is 5.76 Å². The molecule has 1 amide bonds. The molecule has 2 heterocycles. The lowest BCUT2D eigenvalue weighted by Gasteiger charge is -2.23. The SMILES string of the molecule is CCOc1ccc(C=C2C(=N)N3OC(C)=CC3=NC2=O)cc1OC. The summed E-state index contributed by atoms with van der Waals surface area (Å²) in [7, 11) is 1.55. The molecule has 1 aromatic rings. The molecule has 0 radical (unpaired) electrons. The van der Waals surface area contributed by atoms with Crippen LogP contribution >= 0.6 is 0 Å². The highest BCUT2D eigenvalue weighted by molar-refractivity contribution is 6.32. The van der Waals surface area contributed by atoms with Crippen LogP contribution in [0.25, 0.3) is 6.08 Å². The van der Waals surface area contributed by atoms with E-state index < -0.39 is 5.91 Å². The predicted molar refractivity (Wildman–Crippen MR) is 89.0 cm³/mol. The van der Waals surface area contributed by atoms with Gasteiger partial charge < -0.3 is 14.3 Å². The zero-order valence-electron chi connectivity index (χ0n) is 13.6. The van der Waals surface area contributed by atoms with Crippen molar-refractivity contribution in [2.24, 2.45) is 4.99 Å². The number of hydrogen-bond donors (Lipinski definition) is 1. The molecule has 1 aromatic carbocycles. The first-order valence-corrected chi connectivity index (χ1v) is 7.44. The highest BCUT2D eigenvalue weighted by Crippen LogP contribution is 2.30. The summed E-state index contributed by atoms with van der Waals surface area (Å²) in [4.78, 5) is 21.6. The van der Waals surface area contributed by atoms with E-state index in [1.54, 1.807) is 44.4 Å². The molecular formula is C17H17N3O4. The highest BCUT2D eigenvalue weighted by Gasteiger charge is 2.34. The molecule has 7 nitrogen and oxygen atoms in total. The lowest BCUT2D eigenvalue weighted by molar-refractivity contribution is -0.114. The van der Waals surface area contributed by atoms with Crippen molar-refractivity contribution in [1.29, 1.82) is 5.41 Å². The van der Waals surface area contributed by atoms with E-state index in [0.717, 1.165) is 0 Å². The van der Waals surface area contributed by atoms with E-state index in [4.69, 9.17) is 19.7 Å². The number of amidine groups is 2. The van der Waals surface area contributed by atoms with Crippen LogP contribution in [0.1, 0.15) is 19.4 Å². The van der Waals surface area contributed by atoms with Gasteiger partial charge in [-0.15, -0.1) is 5.06 Å². The second-order valence-corrected chi connectivity index (χ2v) is 5.17. The van der Waals surface area contributed by atoms with E-state index in [1.165, 1.54) is 5.06 Å². The Hall–Kier alpha value is -3.09. The number of amides is 1. The van der Waals surface area contributed by atoms with Gasteiger partial charge in [-0.2, -0.15) is 4.99 Å². The predicted octanol–water partition coefficient (Wildman–Crippen LogP) is 2.54. The van der Waals surface area contributed by atoms with Crippen LogP contribution in [0.4, 0.5) is 0 Å². The number of fused-ring (bicyclic) bond motifs is 1. The second kappa shape index (κ2) is 6.19. The van der Waals surface area contributed by atoms with E-state index in [9.17, 15) is 4.79 Å². The Morgan fingerprint density at radius 3 is 2.88 bits per heavy atom. The molecule has 0 aliphatic carbocycles. The number of hydroxylamine groups is 2. The number of hydrogen-bond acceptors (Lipinski definition) is 5. The lowest BCUT2D eigenvalue weighted by atomic mass is 10.1. The van der Waals surface area contributed by atoms with Crippen LogP contribution in [0, 0.1) is 5.41 Å². The maximum atomic E-state index is 12.2. The zero-order valence-corrected chi connectivity index (χ0v) is 13.6. The molecule has 0 spiro atoms. The van der Waals surface area contributed by atoms with Gasteiger partial charge in [0.15, 0.2) is 23.2 Å². The molecule has 24 heavy (non-hydrogen) atoms. The Morgan fingerprint density at radius 2 is 2.17 bits per heavy atom. The number of carbonyl (C=O) groups is 1. The van der Waals surface area contributed by atoms with Crippen LogP contribution in [0.3, 0.4) is 0 Å². The minimum absolute atomic E-state index is 0.0500. The van der Waals surface area contributed by atoms with Gasteiger partial charge in [0.05, 0.1) is 19.3 Å². The van der Waals surface area contributed by atoms with E-state index in [2.05, 4.69) is 4.99 Å². The van der Waals surface area contributed by atoms with E-state index >= 15 is 0 Å². The van der Waals surface area contributed by atoms with Crippen molar-refractivity contribution in [3.63, 3.8) is 0 Å². The van der Waals surface area contributed by atoms with E-state index in [0.29, 0.717) is 35.3 Å². The zero-order chi connectivity index (χ0) is 17.3. The van der Waals surface area contributed by atoms with Crippen LogP contribution in [0.15, 0.2) is 40.6 Å². The second-order valence-electron chi connectivity index (χ2n) is 5.17. The number of aliphatic imine (C=N–C) groups is 1. The molecule has 0 unspecified atom stereocenters. The van der Waals surface area contributed by atoms with E-state index in [1.807, 2.05) is 6.92 Å². The van der Waals surface area contributed by atoms with Crippen molar-refractivity contribution < 1.29 is 19.1 Å². The molecule has 2 aliphatic rings. The molecule has 0 saturated heterocycles. The van der Waals surface area contributed by atoms with Crippen molar-refractivity contribution >= 4 is 23.7 Å². The normalized spacial score (nSPS) is 18.1. The monoisotopic (exact) mass is 327 g/mol. The van der Waals surface area contributed by atoms with Crippen molar-refractivity contribution in [2.75, 3.05) is 13.7 Å². The number of benzene rings is 1. The van der Waals surface area contributed by atoms with Crippen molar-refractivity contribution in [3.05, 3.63) is 41.2 Å². The molecule has 0 bridgehead atoms. The molecule has 1 N–H and O–H groups in total. The summed E-state index contributed by atoms with van der Waals surface area (Å²) in [5.74, 6) is 1.55. The fourth-order valence-electron chi connectivity index (χ4n) is 2.42. The lowest BCUT2D eigenvalue weighted by Crippen LogP contribution is -2.38. The molecule has 3 rings (SSSR count). The number of ether oxygens (including phenoxy) is 2. The summed E-state index contributed by atoms with van der Waals surface area (Å²) in [6.07, 6.45) is 3.20. The first kappa shape index (κ1) is 15.8. The van der Waals surface area contributed by atoms with Crippen LogP contribution in [0.5, 0.6) is 11.5 Å². The Labute approximate surface area is 139 Å². The number of nitrogens with one attached hydrogen (secondary N) is 1. The number of rotatable bonds is 4. The largest absolute Gasteiger partial charge is 0.493 e. The quantitative estimate of drug-likeness (QED) is 0.859. The van der Waals surface area contributed by atoms with Crippen LogP contribution < -0.4 is 9.47 Å². The summed E-state index contributed by atoms with van der Waals surface area (Å²) < 4.78 is 10.8. The first-order valence-electron chi connectivity index (χ1n) is 7.44. The summed E-state index contributed by atoms with van der Waals surface area (Å²) in [5.41, 5.74) is 0.846. The average Bonchev–Trinajstić information content (AvgIpc) is 2.93. The third-order valence-electron chi connectivity index (χ3n) is 3.48. The summed E-state index contributed by atoms with van der Waals surface area (Å²) in [6, 6.07) is 5.29. The van der Waals surface area contributed by atoms with Crippen molar-refractivity contribution in [2.45, 2.75) is 13.8 Å². The summed E-state index contributed by atoms with van der Waals surface area (Å²) >= 11 is 0. The maximum absolute atomic E-state index is 12.2. The molecule has 7 heteroatoms. The van der Waals surface area contributed by atoms with Crippen molar-refractivity contribution in [3.8, 4) is 11.5 Å². The highest BCUT2D eigenvalue weighted by atomic mass is 16.7. The fourth-order valence-corrected chi connectivity index (χ4v) is 2.42. The smallest absolute Gasteiger partial charge is 0.282 e. The number of nitrogens with zero attached hydrogens (tertiary/aromatic N) is 2. The molecule has 2 aliphatic heterocycles. The summed E-state index contributed by atoms with van der Waals surface area (Å²) in [5, 5.41) is 9.42. The Balaban J connectivity index is 1.95. The van der Waals surface area contributed by atoms with Crippen LogP contribution in [-0.2, 0) is 9.63 Å². The average molecular weight is 327 g/mol. The molecule has 124 valence electrons. The van der Waals surface area contributed by atoms with Gasteiger partial charge in [0.25, 0.3) is 5.91 Å². The number of carbonyl (C=O) groups excluding carboxylic acids is 1.